The lowest BCUT2D eigenvalue weighted by molar-refractivity contribution is 0.394. The minimum absolute atomic E-state index is 0.519. The number of rotatable bonds is 5. The van der Waals surface area contributed by atoms with Gasteiger partial charge >= 0.3 is 0 Å². The molecule has 2 aromatic carbocycles. The highest BCUT2D eigenvalue weighted by Gasteiger charge is 2.07. The molecule has 0 saturated heterocycles. The highest BCUT2D eigenvalue weighted by molar-refractivity contribution is 5.90. The first-order valence-electron chi connectivity index (χ1n) is 6.69. The molecule has 2 rings (SSSR count). The third-order valence-electron chi connectivity index (χ3n) is 3.19. The molecule has 0 unspecified atom stereocenters. The van der Waals surface area contributed by atoms with E-state index in [4.69, 9.17) is 14.2 Å². The molecule has 4 nitrogen and oxygen atoms in total. The van der Waals surface area contributed by atoms with Crippen LogP contribution in [0.4, 0.5) is 0 Å². The third-order valence-corrected chi connectivity index (χ3v) is 3.19. The lowest BCUT2D eigenvalue weighted by Crippen LogP contribution is -1.91. The molecule has 0 radical (unpaired) electrons. The fraction of sp³-hybridized carbons (Fsp3) is 0.167. The van der Waals surface area contributed by atoms with E-state index in [2.05, 4.69) is 6.07 Å². The van der Waals surface area contributed by atoms with Gasteiger partial charge in [0.15, 0.2) is 0 Å². The third kappa shape index (κ3) is 3.58. The molecule has 2 aromatic rings. The van der Waals surface area contributed by atoms with Crippen molar-refractivity contribution in [3.63, 3.8) is 0 Å². The Morgan fingerprint density at radius 1 is 0.909 bits per heavy atom. The minimum Gasteiger partial charge on any atom is -0.497 e. The highest BCUT2D eigenvalue weighted by Crippen LogP contribution is 2.28. The fourth-order valence-corrected chi connectivity index (χ4v) is 2.04. The summed E-state index contributed by atoms with van der Waals surface area (Å²) in [5.74, 6) is 2.02. The molecule has 0 fully saturated rings. The number of methoxy groups -OCH3 is 3. The van der Waals surface area contributed by atoms with Crippen LogP contribution in [0.25, 0.3) is 11.6 Å². The van der Waals surface area contributed by atoms with E-state index in [1.165, 1.54) is 0 Å². The summed E-state index contributed by atoms with van der Waals surface area (Å²) < 4.78 is 15.7. The number of benzene rings is 2. The molecule has 0 atom stereocenters. The van der Waals surface area contributed by atoms with Gasteiger partial charge in [-0.15, -0.1) is 0 Å². The molecule has 0 heterocycles. The van der Waals surface area contributed by atoms with Crippen LogP contribution in [-0.2, 0) is 0 Å². The van der Waals surface area contributed by atoms with Gasteiger partial charge in [0.05, 0.1) is 33.0 Å². The molecule has 0 amide bonds. The van der Waals surface area contributed by atoms with Crippen molar-refractivity contribution in [2.75, 3.05) is 21.3 Å². The van der Waals surface area contributed by atoms with E-state index in [1.54, 1.807) is 45.6 Å². The van der Waals surface area contributed by atoms with Gasteiger partial charge in [-0.2, -0.15) is 5.26 Å². The Hall–Kier alpha value is -2.93. The SMILES string of the molecule is COc1cccc(/C=C(\C#N)c2cc(OC)cc(OC)c2)c1. The number of hydrogen-bond donors (Lipinski definition) is 0. The molecular formula is C18H17NO3. The highest BCUT2D eigenvalue weighted by atomic mass is 16.5. The molecule has 0 bridgehead atoms. The van der Waals surface area contributed by atoms with Gasteiger partial charge in [-0.3, -0.25) is 0 Å². The monoisotopic (exact) mass is 295 g/mol. The van der Waals surface area contributed by atoms with E-state index in [-0.39, 0.29) is 0 Å². The van der Waals surface area contributed by atoms with E-state index in [0.29, 0.717) is 17.1 Å². The van der Waals surface area contributed by atoms with Crippen molar-refractivity contribution in [1.29, 1.82) is 5.26 Å². The normalized spacial score (nSPS) is 10.7. The Morgan fingerprint density at radius 2 is 1.55 bits per heavy atom. The molecule has 0 aliphatic rings. The average Bonchev–Trinajstić information content (AvgIpc) is 2.59. The number of hydrogen-bond acceptors (Lipinski definition) is 4. The summed E-state index contributed by atoms with van der Waals surface area (Å²) in [6, 6.07) is 15.1. The number of nitrogens with zero attached hydrogens (tertiary/aromatic N) is 1. The van der Waals surface area contributed by atoms with Gasteiger partial charge in [0, 0.05) is 6.07 Å². The van der Waals surface area contributed by atoms with E-state index in [0.717, 1.165) is 16.9 Å². The Labute approximate surface area is 130 Å². The van der Waals surface area contributed by atoms with Crippen molar-refractivity contribution < 1.29 is 14.2 Å². The van der Waals surface area contributed by atoms with Gasteiger partial charge < -0.3 is 14.2 Å². The summed E-state index contributed by atoms with van der Waals surface area (Å²) in [6.07, 6.45) is 1.80. The number of nitriles is 1. The lowest BCUT2D eigenvalue weighted by Gasteiger charge is -2.08. The van der Waals surface area contributed by atoms with Crippen LogP contribution >= 0.6 is 0 Å². The summed E-state index contributed by atoms with van der Waals surface area (Å²) in [6.45, 7) is 0. The van der Waals surface area contributed by atoms with Gasteiger partial charge in [-0.1, -0.05) is 12.1 Å². The molecular weight excluding hydrogens is 278 g/mol. The first kappa shape index (κ1) is 15.5. The Bertz CT molecular complexity index is 707. The predicted octanol–water partition coefficient (Wildman–Crippen LogP) is 3.78. The first-order chi connectivity index (χ1) is 10.7. The molecule has 0 aromatic heterocycles. The van der Waals surface area contributed by atoms with E-state index in [1.807, 2.05) is 24.3 Å². The van der Waals surface area contributed by atoms with Crippen molar-refractivity contribution in [3.8, 4) is 23.3 Å². The molecule has 0 aliphatic heterocycles. The van der Waals surface area contributed by atoms with Gasteiger partial charge in [-0.05, 0) is 41.5 Å². The van der Waals surface area contributed by atoms with Crippen LogP contribution in [0.1, 0.15) is 11.1 Å². The maximum Gasteiger partial charge on any atom is 0.123 e. The van der Waals surface area contributed by atoms with E-state index >= 15 is 0 Å². The van der Waals surface area contributed by atoms with Crippen molar-refractivity contribution in [2.45, 2.75) is 0 Å². The summed E-state index contributed by atoms with van der Waals surface area (Å²) >= 11 is 0. The maximum atomic E-state index is 9.46. The molecule has 0 spiro atoms. The predicted molar refractivity (Wildman–Crippen MR) is 86.0 cm³/mol. The second-order valence-corrected chi connectivity index (χ2v) is 4.55. The largest absolute Gasteiger partial charge is 0.497 e. The van der Waals surface area contributed by atoms with Crippen LogP contribution in [0.3, 0.4) is 0 Å². The lowest BCUT2D eigenvalue weighted by atomic mass is 10.0. The minimum atomic E-state index is 0.519. The molecule has 0 saturated carbocycles. The van der Waals surface area contributed by atoms with Crippen LogP contribution in [0.2, 0.25) is 0 Å². The molecule has 0 N–H and O–H groups in total. The van der Waals surface area contributed by atoms with Crippen molar-refractivity contribution >= 4 is 11.6 Å². The summed E-state index contributed by atoms with van der Waals surface area (Å²) in [5.41, 5.74) is 2.14. The zero-order chi connectivity index (χ0) is 15.9. The number of allylic oxidation sites excluding steroid dienone is 1. The smallest absolute Gasteiger partial charge is 0.123 e. The quantitative estimate of drug-likeness (QED) is 0.622. The van der Waals surface area contributed by atoms with Crippen molar-refractivity contribution in [3.05, 3.63) is 53.6 Å². The fourth-order valence-electron chi connectivity index (χ4n) is 2.04. The van der Waals surface area contributed by atoms with Crippen LogP contribution in [-0.4, -0.2) is 21.3 Å². The summed E-state index contributed by atoms with van der Waals surface area (Å²) in [5, 5.41) is 9.46. The zero-order valence-corrected chi connectivity index (χ0v) is 12.8. The Morgan fingerprint density at radius 3 is 2.09 bits per heavy atom. The molecule has 0 aliphatic carbocycles. The van der Waals surface area contributed by atoms with Crippen molar-refractivity contribution in [2.24, 2.45) is 0 Å². The Kier molecular flexibility index (Phi) is 5.05. The topological polar surface area (TPSA) is 51.5 Å². The maximum absolute atomic E-state index is 9.46. The van der Waals surface area contributed by atoms with Crippen molar-refractivity contribution in [1.82, 2.24) is 0 Å². The average molecular weight is 295 g/mol. The molecule has 4 heteroatoms. The van der Waals surface area contributed by atoms with Crippen LogP contribution < -0.4 is 14.2 Å². The van der Waals surface area contributed by atoms with E-state index < -0.39 is 0 Å². The van der Waals surface area contributed by atoms with Gasteiger partial charge in [0.2, 0.25) is 0 Å². The van der Waals surface area contributed by atoms with E-state index in [9.17, 15) is 5.26 Å². The Balaban J connectivity index is 2.47. The zero-order valence-electron chi connectivity index (χ0n) is 12.8. The number of ether oxygens (including phenoxy) is 3. The first-order valence-corrected chi connectivity index (χ1v) is 6.69. The van der Waals surface area contributed by atoms with Gasteiger partial charge in [0.1, 0.15) is 17.2 Å². The van der Waals surface area contributed by atoms with Gasteiger partial charge in [-0.25, -0.2) is 0 Å². The second-order valence-electron chi connectivity index (χ2n) is 4.55. The van der Waals surface area contributed by atoms with Crippen LogP contribution in [0, 0.1) is 11.3 Å². The second kappa shape index (κ2) is 7.19. The standard InChI is InChI=1S/C18H17NO3/c1-20-16-6-4-5-13(8-16)7-15(12-19)14-9-17(21-2)11-18(10-14)22-3/h4-11H,1-3H3/b15-7+. The van der Waals surface area contributed by atoms with Crippen LogP contribution in [0.5, 0.6) is 17.2 Å². The van der Waals surface area contributed by atoms with Gasteiger partial charge in [0.25, 0.3) is 0 Å². The summed E-state index contributed by atoms with van der Waals surface area (Å²) in [7, 11) is 4.77. The van der Waals surface area contributed by atoms with Crippen LogP contribution in [0.15, 0.2) is 42.5 Å². The summed E-state index contributed by atoms with van der Waals surface area (Å²) in [4.78, 5) is 0. The molecule has 112 valence electrons. The molecule has 22 heavy (non-hydrogen) atoms.